The minimum absolute atomic E-state index is 0.00963. The van der Waals surface area contributed by atoms with Crippen LogP contribution in [0.2, 0.25) is 0 Å². The van der Waals surface area contributed by atoms with E-state index >= 15 is 0 Å². The normalized spacial score (nSPS) is 10.3. The van der Waals surface area contributed by atoms with Gasteiger partial charge in [-0.15, -0.1) is 0 Å². The zero-order valence-corrected chi connectivity index (χ0v) is 7.27. The first-order chi connectivity index (χ1) is 6.68. The Morgan fingerprint density at radius 2 is 2.21 bits per heavy atom. The number of anilines is 1. The predicted molar refractivity (Wildman–Crippen MR) is 53.1 cm³/mol. The van der Waals surface area contributed by atoms with Gasteiger partial charge in [-0.2, -0.15) is 0 Å². The molecule has 0 bridgehead atoms. The lowest BCUT2D eigenvalue weighted by atomic mass is 10.1. The number of hydrogen-bond acceptors (Lipinski definition) is 3. The summed E-state index contributed by atoms with van der Waals surface area (Å²) in [5, 5.41) is 10.3. The lowest BCUT2D eigenvalue weighted by molar-refractivity contribution is 0.0691. The van der Waals surface area contributed by atoms with Crippen LogP contribution in [-0.2, 0) is 0 Å². The van der Waals surface area contributed by atoms with Crippen LogP contribution in [-0.4, -0.2) is 16.1 Å². The van der Waals surface area contributed by atoms with Crippen LogP contribution in [0.1, 0.15) is 10.5 Å². The number of hydrogen-bond donors (Lipinski definition) is 2. The van der Waals surface area contributed by atoms with Crippen molar-refractivity contribution in [3.8, 4) is 0 Å². The highest BCUT2D eigenvalue weighted by molar-refractivity contribution is 5.97. The Labute approximate surface area is 80.0 Å². The van der Waals surface area contributed by atoms with Gasteiger partial charge in [-0.1, -0.05) is 12.1 Å². The number of nitrogens with two attached hydrogens (primary N) is 1. The number of benzene rings is 1. The van der Waals surface area contributed by atoms with Gasteiger partial charge in [0.25, 0.3) is 0 Å². The molecule has 0 amide bonds. The average Bonchev–Trinajstić information content (AvgIpc) is 2.18. The molecular formula is C10H8N2O2. The molecule has 2 rings (SSSR count). The van der Waals surface area contributed by atoms with Gasteiger partial charge in [-0.3, -0.25) is 0 Å². The van der Waals surface area contributed by atoms with Crippen molar-refractivity contribution in [3.63, 3.8) is 0 Å². The molecule has 1 aromatic heterocycles. The van der Waals surface area contributed by atoms with Gasteiger partial charge in [0.2, 0.25) is 0 Å². The Kier molecular flexibility index (Phi) is 1.81. The fraction of sp³-hybridized carbons (Fsp3) is 0. The number of carboxylic acids is 1. The van der Waals surface area contributed by atoms with Crippen molar-refractivity contribution in [2.24, 2.45) is 0 Å². The molecular weight excluding hydrogens is 180 g/mol. The highest BCUT2D eigenvalue weighted by Crippen LogP contribution is 2.20. The van der Waals surface area contributed by atoms with Crippen LogP contribution in [0.4, 0.5) is 5.69 Å². The zero-order valence-electron chi connectivity index (χ0n) is 7.27. The van der Waals surface area contributed by atoms with Gasteiger partial charge in [-0.25, -0.2) is 9.78 Å². The van der Waals surface area contributed by atoms with Gasteiger partial charge < -0.3 is 10.8 Å². The van der Waals surface area contributed by atoms with Gasteiger partial charge in [0, 0.05) is 22.7 Å². The van der Waals surface area contributed by atoms with Crippen molar-refractivity contribution in [2.45, 2.75) is 0 Å². The summed E-state index contributed by atoms with van der Waals surface area (Å²) in [6, 6.07) is 6.85. The summed E-state index contributed by atoms with van der Waals surface area (Å²) in [5.74, 6) is -1.05. The average molecular weight is 188 g/mol. The molecule has 0 aliphatic carbocycles. The maximum atomic E-state index is 10.7. The van der Waals surface area contributed by atoms with Gasteiger partial charge in [0.1, 0.15) is 5.69 Å². The summed E-state index contributed by atoms with van der Waals surface area (Å²) in [6.45, 7) is 0. The van der Waals surface area contributed by atoms with E-state index in [4.69, 9.17) is 10.8 Å². The number of carbonyl (C=O) groups is 1. The molecule has 0 aliphatic rings. The second kappa shape index (κ2) is 2.99. The highest BCUT2D eigenvalue weighted by Gasteiger charge is 2.06. The molecule has 4 nitrogen and oxygen atoms in total. The lowest BCUT2D eigenvalue weighted by Gasteiger charge is -2.01. The molecule has 2 aromatic rings. The third-order valence-electron chi connectivity index (χ3n) is 2.02. The monoisotopic (exact) mass is 188 g/mol. The molecule has 3 N–H and O–H groups in total. The number of aromatic carboxylic acids is 1. The Hall–Kier alpha value is -2.10. The molecule has 0 unspecified atom stereocenters. The quantitative estimate of drug-likeness (QED) is 0.665. The summed E-state index contributed by atoms with van der Waals surface area (Å²) in [4.78, 5) is 14.4. The van der Waals surface area contributed by atoms with Gasteiger partial charge in [0.05, 0.1) is 0 Å². The molecule has 1 aromatic carbocycles. The fourth-order valence-electron chi connectivity index (χ4n) is 1.31. The smallest absolute Gasteiger partial charge is 0.354 e. The number of carboxylic acid groups (broad SMARTS) is 1. The van der Waals surface area contributed by atoms with E-state index in [0.717, 1.165) is 10.8 Å². The number of fused-ring (bicyclic) bond motifs is 1. The van der Waals surface area contributed by atoms with Crippen LogP contribution in [0.3, 0.4) is 0 Å². The predicted octanol–water partition coefficient (Wildman–Crippen LogP) is 1.52. The van der Waals surface area contributed by atoms with Crippen molar-refractivity contribution in [1.29, 1.82) is 0 Å². The largest absolute Gasteiger partial charge is 0.477 e. The Balaban J connectivity index is 2.76. The molecule has 0 saturated heterocycles. The Morgan fingerprint density at radius 3 is 2.93 bits per heavy atom. The Morgan fingerprint density at radius 1 is 1.43 bits per heavy atom. The number of aromatic nitrogens is 1. The number of nitrogens with zero attached hydrogens (tertiary/aromatic N) is 1. The second-order valence-corrected chi connectivity index (χ2v) is 2.94. The van der Waals surface area contributed by atoms with Crippen LogP contribution in [0.25, 0.3) is 10.8 Å². The maximum Gasteiger partial charge on any atom is 0.354 e. The Bertz CT molecular complexity index is 508. The molecule has 0 saturated carbocycles. The van der Waals surface area contributed by atoms with Gasteiger partial charge in [0.15, 0.2) is 0 Å². The van der Waals surface area contributed by atoms with Crippen LogP contribution in [0, 0.1) is 0 Å². The minimum atomic E-state index is -1.05. The first-order valence-corrected chi connectivity index (χ1v) is 4.06. The van der Waals surface area contributed by atoms with E-state index in [2.05, 4.69) is 4.98 Å². The molecule has 14 heavy (non-hydrogen) atoms. The van der Waals surface area contributed by atoms with Crippen LogP contribution in [0.15, 0.2) is 30.5 Å². The minimum Gasteiger partial charge on any atom is -0.477 e. The van der Waals surface area contributed by atoms with Crippen LogP contribution < -0.4 is 5.73 Å². The molecule has 0 radical (unpaired) electrons. The lowest BCUT2D eigenvalue weighted by Crippen LogP contribution is -2.00. The molecule has 1 heterocycles. The zero-order chi connectivity index (χ0) is 10.1. The van der Waals surface area contributed by atoms with Crippen molar-refractivity contribution < 1.29 is 9.90 Å². The first-order valence-electron chi connectivity index (χ1n) is 4.06. The molecule has 0 aliphatic heterocycles. The summed E-state index contributed by atoms with van der Waals surface area (Å²) in [7, 11) is 0. The maximum absolute atomic E-state index is 10.7. The SMILES string of the molecule is Nc1cccc2cnc(C(=O)O)cc12. The highest BCUT2D eigenvalue weighted by atomic mass is 16.4. The number of nitrogen functional groups attached to an aromatic ring is 1. The standard InChI is InChI=1S/C10H8N2O2/c11-8-3-1-2-6-5-12-9(10(13)14)4-7(6)8/h1-5H,11H2,(H,13,14). The van der Waals surface area contributed by atoms with Crippen molar-refractivity contribution in [1.82, 2.24) is 4.98 Å². The van der Waals surface area contributed by atoms with Crippen molar-refractivity contribution in [3.05, 3.63) is 36.2 Å². The summed E-state index contributed by atoms with van der Waals surface area (Å²) < 4.78 is 0. The third-order valence-corrected chi connectivity index (χ3v) is 2.02. The van der Waals surface area contributed by atoms with Gasteiger partial charge in [-0.05, 0) is 12.1 Å². The van der Waals surface area contributed by atoms with E-state index in [1.807, 2.05) is 6.07 Å². The second-order valence-electron chi connectivity index (χ2n) is 2.94. The molecule has 0 spiro atoms. The van der Waals surface area contributed by atoms with Crippen molar-refractivity contribution in [2.75, 3.05) is 5.73 Å². The topological polar surface area (TPSA) is 76.2 Å². The molecule has 0 fully saturated rings. The number of rotatable bonds is 1. The fourth-order valence-corrected chi connectivity index (χ4v) is 1.31. The van der Waals surface area contributed by atoms with Crippen molar-refractivity contribution >= 4 is 22.4 Å². The van der Waals surface area contributed by atoms with Crippen LogP contribution in [0.5, 0.6) is 0 Å². The summed E-state index contributed by atoms with van der Waals surface area (Å²) in [5.41, 5.74) is 6.28. The van der Waals surface area contributed by atoms with E-state index in [-0.39, 0.29) is 5.69 Å². The van der Waals surface area contributed by atoms with E-state index in [0.29, 0.717) is 5.69 Å². The van der Waals surface area contributed by atoms with Crippen LogP contribution >= 0.6 is 0 Å². The summed E-state index contributed by atoms with van der Waals surface area (Å²) in [6.07, 6.45) is 1.51. The van der Waals surface area contributed by atoms with E-state index < -0.39 is 5.97 Å². The first kappa shape index (κ1) is 8.50. The molecule has 0 atom stereocenters. The number of pyridine rings is 1. The molecule has 4 heteroatoms. The van der Waals surface area contributed by atoms with E-state index in [1.54, 1.807) is 12.1 Å². The third kappa shape index (κ3) is 1.26. The summed E-state index contributed by atoms with van der Waals surface area (Å²) >= 11 is 0. The van der Waals surface area contributed by atoms with E-state index in [1.165, 1.54) is 12.3 Å². The molecule has 70 valence electrons. The van der Waals surface area contributed by atoms with E-state index in [9.17, 15) is 4.79 Å². The van der Waals surface area contributed by atoms with Gasteiger partial charge >= 0.3 is 5.97 Å².